The minimum absolute atomic E-state index is 0.101. The lowest BCUT2D eigenvalue weighted by atomic mass is 9.64. The average molecular weight is 549 g/mol. The first-order valence-electron chi connectivity index (χ1n) is 13.9. The molecule has 6 nitrogen and oxygen atoms in total. The van der Waals surface area contributed by atoms with Gasteiger partial charge in [0.1, 0.15) is 0 Å². The van der Waals surface area contributed by atoms with Gasteiger partial charge in [0.05, 0.1) is 42.7 Å². The van der Waals surface area contributed by atoms with Crippen molar-refractivity contribution in [3.63, 3.8) is 0 Å². The molecule has 4 atom stereocenters. The van der Waals surface area contributed by atoms with Gasteiger partial charge in [0.2, 0.25) is 0 Å². The van der Waals surface area contributed by atoms with Crippen molar-refractivity contribution in [2.45, 2.75) is 23.7 Å². The summed E-state index contributed by atoms with van der Waals surface area (Å²) in [5.74, 6) is 5.00. The molecule has 0 fully saturated rings. The molecule has 1 spiro atoms. The molecule has 0 aromatic heterocycles. The maximum Gasteiger partial charge on any atom is 0.161 e. The van der Waals surface area contributed by atoms with Crippen LogP contribution in [0.1, 0.15) is 68.2 Å². The normalized spacial score (nSPS) is 24.9. The fourth-order valence-electron chi connectivity index (χ4n) is 9.09. The van der Waals surface area contributed by atoms with Crippen LogP contribution in [0, 0.1) is 5.41 Å². The molecule has 8 rings (SSSR count). The van der Waals surface area contributed by atoms with Crippen molar-refractivity contribution in [1.82, 2.24) is 0 Å². The van der Waals surface area contributed by atoms with Gasteiger partial charge in [0.15, 0.2) is 34.5 Å². The SMILES string of the molecule is COc1cc2c(cc1OC)[C@H]1c3cc(OC)c(OC)cc3[C@@H]3c4ccccc4[C@H]4c5cc(OC)c(OC)cc5[C@H]2C143. The number of benzene rings is 4. The lowest BCUT2D eigenvalue weighted by molar-refractivity contribution is 0.241. The Balaban J connectivity index is 1.54. The van der Waals surface area contributed by atoms with E-state index < -0.39 is 0 Å². The van der Waals surface area contributed by atoms with Crippen LogP contribution in [0.4, 0.5) is 0 Å². The molecule has 4 aromatic rings. The van der Waals surface area contributed by atoms with E-state index in [1.165, 1.54) is 44.5 Å². The summed E-state index contributed by atoms with van der Waals surface area (Å²) >= 11 is 0. The Labute approximate surface area is 239 Å². The Hall–Kier alpha value is -4.32. The van der Waals surface area contributed by atoms with Crippen LogP contribution in [0.5, 0.6) is 34.5 Å². The van der Waals surface area contributed by atoms with Crippen LogP contribution in [0.3, 0.4) is 0 Å². The monoisotopic (exact) mass is 548 g/mol. The summed E-state index contributed by atoms with van der Waals surface area (Å²) in [5.41, 5.74) is 10.3. The van der Waals surface area contributed by atoms with Gasteiger partial charge < -0.3 is 28.4 Å². The Morgan fingerprint density at radius 3 is 0.805 bits per heavy atom. The second-order valence-electron chi connectivity index (χ2n) is 11.4. The van der Waals surface area contributed by atoms with Crippen molar-refractivity contribution in [1.29, 1.82) is 0 Å². The van der Waals surface area contributed by atoms with Gasteiger partial charge in [-0.2, -0.15) is 0 Å². The number of methoxy groups -OCH3 is 6. The van der Waals surface area contributed by atoms with Gasteiger partial charge >= 0.3 is 0 Å². The first-order valence-corrected chi connectivity index (χ1v) is 13.9. The number of ether oxygens (including phenoxy) is 6. The predicted octanol–water partition coefficient (Wildman–Crippen LogP) is 6.61. The predicted molar refractivity (Wildman–Crippen MR) is 155 cm³/mol. The Morgan fingerprint density at radius 1 is 0.366 bits per heavy atom. The molecule has 0 bridgehead atoms. The number of rotatable bonds is 6. The zero-order valence-electron chi connectivity index (χ0n) is 24.0. The van der Waals surface area contributed by atoms with Crippen molar-refractivity contribution in [2.24, 2.45) is 5.41 Å². The van der Waals surface area contributed by atoms with E-state index in [1.54, 1.807) is 42.7 Å². The minimum Gasteiger partial charge on any atom is -0.493 e. The van der Waals surface area contributed by atoms with E-state index in [9.17, 15) is 0 Å². The summed E-state index contributed by atoms with van der Waals surface area (Å²) in [6.07, 6.45) is 0. The summed E-state index contributed by atoms with van der Waals surface area (Å²) in [6.45, 7) is 0. The van der Waals surface area contributed by atoms with E-state index in [4.69, 9.17) is 28.4 Å². The van der Waals surface area contributed by atoms with E-state index >= 15 is 0 Å². The lowest BCUT2D eigenvalue weighted by Gasteiger charge is -2.37. The second-order valence-corrected chi connectivity index (χ2v) is 11.4. The second kappa shape index (κ2) is 8.35. The van der Waals surface area contributed by atoms with Crippen LogP contribution in [0.2, 0.25) is 0 Å². The molecule has 4 aromatic carbocycles. The fourth-order valence-corrected chi connectivity index (χ4v) is 9.09. The number of hydrogen-bond donors (Lipinski definition) is 0. The third-order valence-corrected chi connectivity index (χ3v) is 10.3. The molecule has 0 saturated heterocycles. The molecule has 0 heterocycles. The van der Waals surface area contributed by atoms with Crippen molar-refractivity contribution in [2.75, 3.05) is 42.7 Å². The maximum absolute atomic E-state index is 5.86. The number of fused-ring (bicyclic) bond motifs is 12. The van der Waals surface area contributed by atoms with Crippen molar-refractivity contribution in [3.8, 4) is 34.5 Å². The van der Waals surface area contributed by atoms with Crippen LogP contribution >= 0.6 is 0 Å². The van der Waals surface area contributed by atoms with Crippen molar-refractivity contribution < 1.29 is 28.4 Å². The van der Waals surface area contributed by atoms with Crippen LogP contribution in [-0.4, -0.2) is 42.7 Å². The van der Waals surface area contributed by atoms with E-state index in [2.05, 4.69) is 60.7 Å². The third kappa shape index (κ3) is 2.69. The zero-order valence-corrected chi connectivity index (χ0v) is 24.0. The zero-order chi connectivity index (χ0) is 28.2. The topological polar surface area (TPSA) is 55.4 Å². The Morgan fingerprint density at radius 2 is 0.585 bits per heavy atom. The first-order chi connectivity index (χ1) is 20.1. The highest BCUT2D eigenvalue weighted by molar-refractivity contribution is 5.77. The summed E-state index contributed by atoms with van der Waals surface area (Å²) in [6, 6.07) is 22.2. The molecule has 41 heavy (non-hydrogen) atoms. The minimum atomic E-state index is -0.206. The van der Waals surface area contributed by atoms with Crippen LogP contribution < -0.4 is 28.4 Å². The fraction of sp³-hybridized carbons (Fsp3) is 0.314. The standard InChI is InChI=1S/C35H32O6/c1-36-25-11-19-21(13-27(25)38-3)33-23-15-29(40-5)30(41-6)16-24(23)34-22-14-28(39-4)26(37-2)12-20(22)32-18-10-8-7-9-17(18)31(19)35(32,33)34/h7-16,31-34H,1-6H3/t31-,32-,33+,34+,35?/m0/s1. The molecule has 6 heteroatoms. The number of hydrogen-bond acceptors (Lipinski definition) is 6. The Bertz CT molecular complexity index is 1630. The highest BCUT2D eigenvalue weighted by atomic mass is 16.5. The molecule has 0 N–H and O–H groups in total. The molecule has 0 saturated carbocycles. The molecule has 4 aliphatic carbocycles. The quantitative estimate of drug-likeness (QED) is 0.270. The maximum atomic E-state index is 5.86. The van der Waals surface area contributed by atoms with Gasteiger partial charge in [-0.25, -0.2) is 0 Å². The van der Waals surface area contributed by atoms with E-state index in [-0.39, 0.29) is 29.1 Å². The van der Waals surface area contributed by atoms with Gasteiger partial charge in [-0.3, -0.25) is 0 Å². The summed E-state index contributed by atoms with van der Waals surface area (Å²) in [4.78, 5) is 0. The molecule has 208 valence electrons. The third-order valence-electron chi connectivity index (χ3n) is 10.3. The van der Waals surface area contributed by atoms with Gasteiger partial charge in [0.25, 0.3) is 0 Å². The smallest absolute Gasteiger partial charge is 0.161 e. The Kier molecular flexibility index (Phi) is 4.99. The molecule has 0 radical (unpaired) electrons. The van der Waals surface area contributed by atoms with E-state index in [0.29, 0.717) is 0 Å². The molecular formula is C35H32O6. The molecule has 0 aliphatic heterocycles. The van der Waals surface area contributed by atoms with Gasteiger partial charge in [-0.15, -0.1) is 0 Å². The molecular weight excluding hydrogens is 516 g/mol. The molecule has 0 unspecified atom stereocenters. The van der Waals surface area contributed by atoms with Gasteiger partial charge in [-0.1, -0.05) is 24.3 Å². The van der Waals surface area contributed by atoms with E-state index in [0.717, 1.165) is 34.5 Å². The van der Waals surface area contributed by atoms with Gasteiger partial charge in [-0.05, 0) is 80.9 Å². The van der Waals surface area contributed by atoms with E-state index in [1.807, 2.05) is 0 Å². The molecule has 0 amide bonds. The van der Waals surface area contributed by atoms with Crippen LogP contribution in [0.15, 0.2) is 60.7 Å². The average Bonchev–Trinajstić information content (AvgIpc) is 3.65. The van der Waals surface area contributed by atoms with Crippen LogP contribution in [0.25, 0.3) is 0 Å². The largest absolute Gasteiger partial charge is 0.493 e. The van der Waals surface area contributed by atoms with Crippen molar-refractivity contribution in [3.05, 3.63) is 105 Å². The van der Waals surface area contributed by atoms with Crippen molar-refractivity contribution >= 4 is 0 Å². The first kappa shape index (κ1) is 24.5. The highest BCUT2D eigenvalue weighted by Gasteiger charge is 2.73. The highest BCUT2D eigenvalue weighted by Crippen LogP contribution is 2.84. The summed E-state index contributed by atoms with van der Waals surface area (Å²) in [7, 11) is 10.3. The van der Waals surface area contributed by atoms with Gasteiger partial charge in [0, 0.05) is 29.1 Å². The molecule has 4 aliphatic rings. The van der Waals surface area contributed by atoms with Crippen LogP contribution in [-0.2, 0) is 0 Å². The summed E-state index contributed by atoms with van der Waals surface area (Å²) < 4.78 is 35.1. The lowest BCUT2D eigenvalue weighted by Crippen LogP contribution is -2.30. The summed E-state index contributed by atoms with van der Waals surface area (Å²) in [5, 5.41) is 0.